The molecule has 0 unspecified atom stereocenters. The summed E-state index contributed by atoms with van der Waals surface area (Å²) in [5.41, 5.74) is 2.36. The van der Waals surface area contributed by atoms with Crippen molar-refractivity contribution in [2.45, 2.75) is 19.3 Å². The van der Waals surface area contributed by atoms with Gasteiger partial charge in [0.2, 0.25) is 0 Å². The number of rotatable bonds is 5. The number of benzene rings is 2. The van der Waals surface area contributed by atoms with E-state index in [-0.39, 0.29) is 5.75 Å². The average molecular weight is 296 g/mol. The largest absolute Gasteiger partial charge is 0.508 e. The van der Waals surface area contributed by atoms with Crippen molar-refractivity contribution in [3.63, 3.8) is 0 Å². The molecule has 1 heterocycles. The smallest absolute Gasteiger partial charge is 0.147 e. The van der Waals surface area contributed by atoms with E-state index in [1.54, 1.807) is 23.5 Å². The van der Waals surface area contributed by atoms with Crippen molar-refractivity contribution in [3.8, 4) is 16.3 Å². The normalized spacial score (nSPS) is 10.7. The van der Waals surface area contributed by atoms with E-state index in [1.807, 2.05) is 18.2 Å². The fourth-order valence-electron chi connectivity index (χ4n) is 2.16. The summed E-state index contributed by atoms with van der Waals surface area (Å²) in [7, 11) is 0. The standard InChI is InChI=1S/C17H16N2OS/c20-15-11-9-14(10-12-15)17-19-18-16(21-17)8-4-7-13-5-2-1-3-6-13/h1-3,5-6,9-12,20H,4,7-8H2. The maximum atomic E-state index is 9.30. The lowest BCUT2D eigenvalue weighted by atomic mass is 10.1. The first-order valence-corrected chi connectivity index (χ1v) is 7.78. The molecule has 0 radical (unpaired) electrons. The van der Waals surface area contributed by atoms with Gasteiger partial charge in [-0.2, -0.15) is 0 Å². The highest BCUT2D eigenvalue weighted by Crippen LogP contribution is 2.25. The van der Waals surface area contributed by atoms with Crippen LogP contribution in [0.15, 0.2) is 54.6 Å². The van der Waals surface area contributed by atoms with Crippen molar-refractivity contribution in [2.75, 3.05) is 0 Å². The van der Waals surface area contributed by atoms with Crippen LogP contribution in [0, 0.1) is 0 Å². The predicted octanol–water partition coefficient (Wildman–Crippen LogP) is 4.09. The number of hydrogen-bond donors (Lipinski definition) is 1. The number of aryl methyl sites for hydroxylation is 2. The molecule has 1 aromatic heterocycles. The molecule has 21 heavy (non-hydrogen) atoms. The molecule has 0 bridgehead atoms. The second kappa shape index (κ2) is 6.50. The first-order valence-electron chi connectivity index (χ1n) is 6.97. The van der Waals surface area contributed by atoms with Crippen LogP contribution in [-0.2, 0) is 12.8 Å². The second-order valence-electron chi connectivity index (χ2n) is 4.89. The molecule has 0 fully saturated rings. The highest BCUT2D eigenvalue weighted by Gasteiger charge is 2.06. The zero-order chi connectivity index (χ0) is 14.5. The quantitative estimate of drug-likeness (QED) is 0.771. The Morgan fingerprint density at radius 2 is 1.62 bits per heavy atom. The van der Waals surface area contributed by atoms with Gasteiger partial charge in [-0.05, 0) is 42.7 Å². The van der Waals surface area contributed by atoms with Crippen molar-refractivity contribution in [1.29, 1.82) is 0 Å². The molecular formula is C17H16N2OS. The monoisotopic (exact) mass is 296 g/mol. The molecule has 0 aliphatic carbocycles. The summed E-state index contributed by atoms with van der Waals surface area (Å²) < 4.78 is 0. The zero-order valence-corrected chi connectivity index (χ0v) is 12.4. The van der Waals surface area contributed by atoms with Crippen LogP contribution in [0.5, 0.6) is 5.75 Å². The maximum absolute atomic E-state index is 9.30. The van der Waals surface area contributed by atoms with Crippen LogP contribution >= 0.6 is 11.3 Å². The molecule has 0 aliphatic rings. The number of aromatic hydroxyl groups is 1. The number of phenolic OH excluding ortho intramolecular Hbond substituents is 1. The summed E-state index contributed by atoms with van der Waals surface area (Å²) in [5, 5.41) is 19.8. The SMILES string of the molecule is Oc1ccc(-c2nnc(CCCc3ccccc3)s2)cc1. The molecule has 0 atom stereocenters. The van der Waals surface area contributed by atoms with Gasteiger partial charge in [0, 0.05) is 12.0 Å². The van der Waals surface area contributed by atoms with Crippen LogP contribution in [0.25, 0.3) is 10.6 Å². The Balaban J connectivity index is 1.59. The van der Waals surface area contributed by atoms with Crippen molar-refractivity contribution < 1.29 is 5.11 Å². The molecule has 3 aromatic rings. The van der Waals surface area contributed by atoms with E-state index in [0.29, 0.717) is 0 Å². The molecule has 4 heteroatoms. The minimum Gasteiger partial charge on any atom is -0.508 e. The Morgan fingerprint density at radius 1 is 0.857 bits per heavy atom. The number of aromatic nitrogens is 2. The first kappa shape index (κ1) is 13.8. The van der Waals surface area contributed by atoms with Gasteiger partial charge in [0.1, 0.15) is 15.8 Å². The molecular weight excluding hydrogens is 280 g/mol. The summed E-state index contributed by atoms with van der Waals surface area (Å²) >= 11 is 1.62. The Labute approximate surface area is 127 Å². The summed E-state index contributed by atoms with van der Waals surface area (Å²) in [6, 6.07) is 17.6. The number of phenols is 1. The number of nitrogens with zero attached hydrogens (tertiary/aromatic N) is 2. The lowest BCUT2D eigenvalue weighted by molar-refractivity contribution is 0.475. The minimum absolute atomic E-state index is 0.270. The molecule has 0 aliphatic heterocycles. The molecule has 106 valence electrons. The Hall–Kier alpha value is -2.20. The summed E-state index contributed by atoms with van der Waals surface area (Å²) in [6.45, 7) is 0. The van der Waals surface area contributed by atoms with Crippen molar-refractivity contribution in [3.05, 3.63) is 65.2 Å². The number of hydrogen-bond acceptors (Lipinski definition) is 4. The summed E-state index contributed by atoms with van der Waals surface area (Å²) in [5.74, 6) is 0.270. The van der Waals surface area contributed by atoms with E-state index in [9.17, 15) is 5.11 Å². The molecule has 0 saturated carbocycles. The van der Waals surface area contributed by atoms with E-state index < -0.39 is 0 Å². The van der Waals surface area contributed by atoms with Gasteiger partial charge in [-0.15, -0.1) is 10.2 Å². The highest BCUT2D eigenvalue weighted by atomic mass is 32.1. The fraction of sp³-hybridized carbons (Fsp3) is 0.176. The lowest BCUT2D eigenvalue weighted by Gasteiger charge is -1.98. The van der Waals surface area contributed by atoms with E-state index in [0.717, 1.165) is 34.8 Å². The fourth-order valence-corrected chi connectivity index (χ4v) is 3.05. The van der Waals surface area contributed by atoms with Gasteiger partial charge in [0.25, 0.3) is 0 Å². The molecule has 0 saturated heterocycles. The molecule has 3 nitrogen and oxygen atoms in total. The Bertz CT molecular complexity index is 692. The molecule has 2 aromatic carbocycles. The second-order valence-corrected chi connectivity index (χ2v) is 5.95. The third kappa shape index (κ3) is 3.67. The van der Waals surface area contributed by atoms with Crippen LogP contribution in [0.2, 0.25) is 0 Å². The average Bonchev–Trinajstić information content (AvgIpc) is 2.98. The molecule has 0 spiro atoms. The van der Waals surface area contributed by atoms with Gasteiger partial charge in [0.05, 0.1) is 0 Å². The topological polar surface area (TPSA) is 46.0 Å². The van der Waals surface area contributed by atoms with Gasteiger partial charge in [-0.3, -0.25) is 0 Å². The van der Waals surface area contributed by atoms with Crippen LogP contribution in [0.4, 0.5) is 0 Å². The van der Waals surface area contributed by atoms with Crippen LogP contribution in [0.1, 0.15) is 17.0 Å². The third-order valence-corrected chi connectivity index (χ3v) is 4.31. The van der Waals surface area contributed by atoms with Gasteiger partial charge >= 0.3 is 0 Å². The van der Waals surface area contributed by atoms with Gasteiger partial charge in [0.15, 0.2) is 0 Å². The summed E-state index contributed by atoms with van der Waals surface area (Å²) in [6.07, 6.45) is 3.09. The Morgan fingerprint density at radius 3 is 2.38 bits per heavy atom. The van der Waals surface area contributed by atoms with Gasteiger partial charge in [-0.25, -0.2) is 0 Å². The summed E-state index contributed by atoms with van der Waals surface area (Å²) in [4.78, 5) is 0. The Kier molecular flexibility index (Phi) is 4.26. The van der Waals surface area contributed by atoms with Crippen molar-refractivity contribution >= 4 is 11.3 Å². The predicted molar refractivity (Wildman–Crippen MR) is 85.5 cm³/mol. The minimum atomic E-state index is 0.270. The first-order chi connectivity index (χ1) is 10.3. The molecule has 3 rings (SSSR count). The van der Waals surface area contributed by atoms with E-state index in [2.05, 4.69) is 34.5 Å². The van der Waals surface area contributed by atoms with Gasteiger partial charge in [-0.1, -0.05) is 41.7 Å². The third-order valence-electron chi connectivity index (χ3n) is 3.28. The highest BCUT2D eigenvalue weighted by molar-refractivity contribution is 7.14. The van der Waals surface area contributed by atoms with Crippen LogP contribution in [-0.4, -0.2) is 15.3 Å². The van der Waals surface area contributed by atoms with E-state index >= 15 is 0 Å². The zero-order valence-electron chi connectivity index (χ0n) is 11.6. The maximum Gasteiger partial charge on any atom is 0.147 e. The van der Waals surface area contributed by atoms with Gasteiger partial charge < -0.3 is 5.11 Å². The molecule has 0 amide bonds. The van der Waals surface area contributed by atoms with E-state index in [4.69, 9.17) is 0 Å². The van der Waals surface area contributed by atoms with Crippen LogP contribution < -0.4 is 0 Å². The van der Waals surface area contributed by atoms with Crippen molar-refractivity contribution in [2.24, 2.45) is 0 Å². The van der Waals surface area contributed by atoms with Crippen molar-refractivity contribution in [1.82, 2.24) is 10.2 Å². The van der Waals surface area contributed by atoms with E-state index in [1.165, 1.54) is 5.56 Å². The molecule has 1 N–H and O–H groups in total. The lowest BCUT2D eigenvalue weighted by Crippen LogP contribution is -1.89. The van der Waals surface area contributed by atoms with Crippen LogP contribution in [0.3, 0.4) is 0 Å².